The van der Waals surface area contributed by atoms with Crippen LogP contribution in [0.3, 0.4) is 0 Å². The van der Waals surface area contributed by atoms with Crippen molar-refractivity contribution in [2.45, 2.75) is 39.7 Å². The number of halogens is 1. The number of hydrogen-bond donors (Lipinski definition) is 1. The smallest absolute Gasteiger partial charge is 0.191 e. The molecule has 1 aromatic carbocycles. The second-order valence-corrected chi connectivity index (χ2v) is 4.80. The van der Waals surface area contributed by atoms with E-state index in [4.69, 9.17) is 5.73 Å². The molecule has 0 heterocycles. The molecule has 0 amide bonds. The maximum absolute atomic E-state index is 5.98. The minimum Gasteiger partial charge on any atom is -0.370 e. The second-order valence-electron chi connectivity index (χ2n) is 4.80. The van der Waals surface area contributed by atoms with Gasteiger partial charge in [0.1, 0.15) is 0 Å². The van der Waals surface area contributed by atoms with Crippen LogP contribution in [0, 0.1) is 0 Å². The lowest BCUT2D eigenvalue weighted by Gasteiger charge is -2.19. The third-order valence-corrected chi connectivity index (χ3v) is 3.67. The van der Waals surface area contributed by atoms with Gasteiger partial charge in [-0.25, -0.2) is 4.99 Å². The van der Waals surface area contributed by atoms with E-state index in [1.54, 1.807) is 0 Å². The Hall–Kier alpha value is -0.780. The van der Waals surface area contributed by atoms with Gasteiger partial charge in [-0.3, -0.25) is 0 Å². The van der Waals surface area contributed by atoms with Gasteiger partial charge in [-0.1, -0.05) is 18.2 Å². The van der Waals surface area contributed by atoms with Crippen molar-refractivity contribution < 1.29 is 0 Å². The molecule has 0 spiro atoms. The van der Waals surface area contributed by atoms with Gasteiger partial charge in [-0.15, -0.1) is 24.0 Å². The molecule has 4 heteroatoms. The summed E-state index contributed by atoms with van der Waals surface area (Å²) in [6.07, 6.45) is 3.75. The van der Waals surface area contributed by atoms with E-state index < -0.39 is 0 Å². The van der Waals surface area contributed by atoms with Crippen LogP contribution < -0.4 is 5.73 Å². The first-order valence-corrected chi connectivity index (χ1v) is 6.90. The van der Waals surface area contributed by atoms with Gasteiger partial charge in [0.05, 0.1) is 6.54 Å². The molecule has 0 fully saturated rings. The fourth-order valence-corrected chi connectivity index (χ4v) is 2.54. The van der Waals surface area contributed by atoms with Crippen molar-refractivity contribution in [3.63, 3.8) is 0 Å². The first-order chi connectivity index (χ1) is 8.74. The Kier molecular flexibility index (Phi) is 6.62. The fourth-order valence-electron chi connectivity index (χ4n) is 2.54. The van der Waals surface area contributed by atoms with Crippen molar-refractivity contribution in [1.82, 2.24) is 4.90 Å². The highest BCUT2D eigenvalue weighted by atomic mass is 127. The first kappa shape index (κ1) is 16.3. The number of aliphatic imine (C=N–C) groups is 1. The molecule has 2 rings (SSSR count). The van der Waals surface area contributed by atoms with Crippen molar-refractivity contribution in [3.8, 4) is 0 Å². The summed E-state index contributed by atoms with van der Waals surface area (Å²) < 4.78 is 0. The fraction of sp³-hybridized carbons (Fsp3) is 0.533. The summed E-state index contributed by atoms with van der Waals surface area (Å²) in [5.41, 5.74) is 10.3. The van der Waals surface area contributed by atoms with Crippen LogP contribution in [0.15, 0.2) is 23.2 Å². The van der Waals surface area contributed by atoms with E-state index in [1.807, 2.05) is 0 Å². The molecule has 0 atom stereocenters. The van der Waals surface area contributed by atoms with Gasteiger partial charge in [0.25, 0.3) is 0 Å². The van der Waals surface area contributed by atoms with Gasteiger partial charge < -0.3 is 10.6 Å². The quantitative estimate of drug-likeness (QED) is 0.501. The minimum atomic E-state index is 0. The summed E-state index contributed by atoms with van der Waals surface area (Å²) in [5, 5.41) is 0. The lowest BCUT2D eigenvalue weighted by molar-refractivity contribution is 0.458. The first-order valence-electron chi connectivity index (χ1n) is 6.90. The molecule has 19 heavy (non-hydrogen) atoms. The highest BCUT2D eigenvalue weighted by molar-refractivity contribution is 14.0. The molecule has 0 saturated heterocycles. The van der Waals surface area contributed by atoms with Crippen molar-refractivity contribution in [2.24, 2.45) is 10.7 Å². The summed E-state index contributed by atoms with van der Waals surface area (Å²) >= 11 is 0. The second kappa shape index (κ2) is 7.72. The van der Waals surface area contributed by atoms with Crippen LogP contribution in [0.5, 0.6) is 0 Å². The van der Waals surface area contributed by atoms with Crippen molar-refractivity contribution >= 4 is 29.9 Å². The zero-order chi connectivity index (χ0) is 13.0. The molecule has 0 bridgehead atoms. The Balaban J connectivity index is 0.00000180. The minimum absolute atomic E-state index is 0. The Morgan fingerprint density at radius 2 is 1.89 bits per heavy atom. The Morgan fingerprint density at radius 3 is 2.58 bits per heavy atom. The van der Waals surface area contributed by atoms with Gasteiger partial charge in [0, 0.05) is 13.1 Å². The van der Waals surface area contributed by atoms with E-state index in [0.717, 1.165) is 13.1 Å². The number of hydrogen-bond acceptors (Lipinski definition) is 1. The molecule has 0 saturated carbocycles. The Labute approximate surface area is 133 Å². The molecule has 0 aliphatic heterocycles. The Bertz CT molecular complexity index is 439. The third-order valence-electron chi connectivity index (χ3n) is 3.67. The van der Waals surface area contributed by atoms with Crippen LogP contribution in [-0.2, 0) is 19.4 Å². The molecule has 1 aliphatic carbocycles. The number of fused-ring (bicyclic) bond motifs is 1. The van der Waals surface area contributed by atoms with Crippen LogP contribution in [0.4, 0.5) is 0 Å². The van der Waals surface area contributed by atoms with Gasteiger partial charge in [-0.2, -0.15) is 0 Å². The summed E-state index contributed by atoms with van der Waals surface area (Å²) in [7, 11) is 0. The zero-order valence-corrected chi connectivity index (χ0v) is 14.2. The van der Waals surface area contributed by atoms with Crippen molar-refractivity contribution in [3.05, 3.63) is 34.9 Å². The van der Waals surface area contributed by atoms with Crippen molar-refractivity contribution in [1.29, 1.82) is 0 Å². The lowest BCUT2D eigenvalue weighted by Crippen LogP contribution is -2.37. The summed E-state index contributed by atoms with van der Waals surface area (Å²) in [6, 6.07) is 6.73. The zero-order valence-electron chi connectivity index (χ0n) is 11.9. The van der Waals surface area contributed by atoms with E-state index in [0.29, 0.717) is 12.5 Å². The topological polar surface area (TPSA) is 41.6 Å². The lowest BCUT2D eigenvalue weighted by atomic mass is 10.1. The molecule has 3 nitrogen and oxygen atoms in total. The van der Waals surface area contributed by atoms with E-state index >= 15 is 0 Å². The van der Waals surface area contributed by atoms with Crippen LogP contribution in [-0.4, -0.2) is 23.9 Å². The van der Waals surface area contributed by atoms with Crippen LogP contribution in [0.2, 0.25) is 0 Å². The summed E-state index contributed by atoms with van der Waals surface area (Å²) in [4.78, 5) is 6.56. The van der Waals surface area contributed by atoms with Gasteiger partial charge >= 0.3 is 0 Å². The number of nitrogens with zero attached hydrogens (tertiary/aromatic N) is 2. The average molecular weight is 373 g/mol. The monoisotopic (exact) mass is 373 g/mol. The summed E-state index contributed by atoms with van der Waals surface area (Å²) in [5.74, 6) is 0.653. The molecule has 106 valence electrons. The predicted octanol–water partition coefficient (Wildman–Crippen LogP) is 2.95. The molecule has 0 unspecified atom stereocenters. The SMILES string of the molecule is CCN(CC)C(N)=NCc1ccc2c(c1)CCC2.I. The van der Waals surface area contributed by atoms with Crippen LogP contribution in [0.1, 0.15) is 37.0 Å². The molecule has 0 radical (unpaired) electrons. The molecule has 0 aromatic heterocycles. The molecule has 2 N–H and O–H groups in total. The van der Waals surface area contributed by atoms with E-state index in [-0.39, 0.29) is 24.0 Å². The summed E-state index contributed by atoms with van der Waals surface area (Å²) in [6.45, 7) is 6.71. The van der Waals surface area contributed by atoms with E-state index in [2.05, 4.69) is 41.9 Å². The molecular formula is C15H24IN3. The van der Waals surface area contributed by atoms with E-state index in [9.17, 15) is 0 Å². The number of nitrogens with two attached hydrogens (primary N) is 1. The van der Waals surface area contributed by atoms with Crippen LogP contribution in [0.25, 0.3) is 0 Å². The highest BCUT2D eigenvalue weighted by Crippen LogP contribution is 2.23. The van der Waals surface area contributed by atoms with Crippen molar-refractivity contribution in [2.75, 3.05) is 13.1 Å². The largest absolute Gasteiger partial charge is 0.370 e. The Morgan fingerprint density at radius 1 is 1.21 bits per heavy atom. The number of guanidine groups is 1. The van der Waals surface area contributed by atoms with Gasteiger partial charge in [0.2, 0.25) is 0 Å². The van der Waals surface area contributed by atoms with Crippen LogP contribution >= 0.6 is 24.0 Å². The average Bonchev–Trinajstić information content (AvgIpc) is 2.85. The highest BCUT2D eigenvalue weighted by Gasteiger charge is 2.10. The van der Waals surface area contributed by atoms with Gasteiger partial charge in [0.15, 0.2) is 5.96 Å². The number of benzene rings is 1. The maximum atomic E-state index is 5.98. The predicted molar refractivity (Wildman–Crippen MR) is 92.1 cm³/mol. The normalized spacial score (nSPS) is 13.9. The van der Waals surface area contributed by atoms with E-state index in [1.165, 1.54) is 36.0 Å². The number of rotatable bonds is 4. The molecule has 1 aromatic rings. The third kappa shape index (κ3) is 4.09. The molecule has 1 aliphatic rings. The number of aryl methyl sites for hydroxylation is 2. The standard InChI is InChI=1S/C15H23N3.HI/c1-3-18(4-2)15(16)17-11-12-8-9-13-6-5-7-14(13)10-12;/h8-10H,3-7,11H2,1-2H3,(H2,16,17);1H. The maximum Gasteiger partial charge on any atom is 0.191 e. The molecular weight excluding hydrogens is 349 g/mol. The van der Waals surface area contributed by atoms with Gasteiger partial charge in [-0.05, 0) is 49.8 Å².